The number of nitrogens with one attached hydrogen (secondary N) is 1. The molecule has 5 heteroatoms. The highest BCUT2D eigenvalue weighted by molar-refractivity contribution is 7.98. The second kappa shape index (κ2) is 3.49. The van der Waals surface area contributed by atoms with Gasteiger partial charge in [0.25, 0.3) is 5.56 Å². The Morgan fingerprint density at radius 3 is 3.17 bits per heavy atom. The lowest BCUT2D eigenvalue weighted by Crippen LogP contribution is -2.15. The van der Waals surface area contributed by atoms with Gasteiger partial charge < -0.3 is 4.98 Å². The molecule has 0 amide bonds. The van der Waals surface area contributed by atoms with E-state index in [1.807, 2.05) is 28.8 Å². The highest BCUT2D eigenvalue weighted by Gasteiger charge is 2.20. The fourth-order valence-corrected chi connectivity index (χ4v) is 3.47. The highest BCUT2D eigenvalue weighted by atomic mass is 32.2. The van der Waals surface area contributed by atoms with Gasteiger partial charge in [0.1, 0.15) is 5.03 Å². The smallest absolute Gasteiger partial charge is 0.292 e. The number of nitrogens with zero attached hydrogens (tertiary/aromatic N) is 2. The summed E-state index contributed by atoms with van der Waals surface area (Å²) >= 11 is 1.73. The Morgan fingerprint density at radius 1 is 1.33 bits per heavy atom. The number of hydrogen-bond donors (Lipinski definition) is 1. The first-order valence-electron chi connectivity index (χ1n) is 5.65. The molecule has 0 spiro atoms. The monoisotopic (exact) mass is 255 g/mol. The van der Waals surface area contributed by atoms with E-state index in [1.54, 1.807) is 18.0 Å². The zero-order valence-electron chi connectivity index (χ0n) is 9.38. The van der Waals surface area contributed by atoms with Crippen LogP contribution in [0.2, 0.25) is 0 Å². The van der Waals surface area contributed by atoms with Crippen LogP contribution < -0.4 is 5.56 Å². The molecule has 1 aliphatic rings. The Bertz CT molecular complexity index is 818. The average Bonchev–Trinajstić information content (AvgIpc) is 2.89. The van der Waals surface area contributed by atoms with Gasteiger partial charge in [-0.25, -0.2) is 4.98 Å². The number of H-pyrrole nitrogens is 1. The van der Waals surface area contributed by atoms with Crippen LogP contribution in [0.15, 0.2) is 46.5 Å². The minimum absolute atomic E-state index is 0.143. The molecule has 0 unspecified atom stereocenters. The summed E-state index contributed by atoms with van der Waals surface area (Å²) in [4.78, 5) is 19.0. The van der Waals surface area contributed by atoms with E-state index in [2.05, 4.69) is 16.0 Å². The van der Waals surface area contributed by atoms with Gasteiger partial charge in [-0.1, -0.05) is 24.3 Å². The van der Waals surface area contributed by atoms with Crippen LogP contribution in [-0.2, 0) is 5.75 Å². The van der Waals surface area contributed by atoms with E-state index < -0.39 is 0 Å². The van der Waals surface area contributed by atoms with Gasteiger partial charge >= 0.3 is 0 Å². The van der Waals surface area contributed by atoms with Gasteiger partial charge in [-0.05, 0) is 5.56 Å². The fourth-order valence-electron chi connectivity index (χ4n) is 2.34. The Kier molecular flexibility index (Phi) is 1.93. The fraction of sp³-hybridized carbons (Fsp3) is 0.0769. The van der Waals surface area contributed by atoms with Crippen molar-refractivity contribution in [3.05, 3.63) is 52.6 Å². The first-order chi connectivity index (χ1) is 8.84. The lowest BCUT2D eigenvalue weighted by Gasteiger charge is -2.19. The normalized spacial score (nSPS) is 13.3. The van der Waals surface area contributed by atoms with Crippen LogP contribution in [0.1, 0.15) is 5.56 Å². The molecule has 18 heavy (non-hydrogen) atoms. The first kappa shape index (κ1) is 9.96. The second-order valence-corrected chi connectivity index (χ2v) is 5.16. The van der Waals surface area contributed by atoms with E-state index in [4.69, 9.17) is 0 Å². The molecule has 4 rings (SSSR count). The third-order valence-electron chi connectivity index (χ3n) is 3.17. The van der Waals surface area contributed by atoms with Crippen molar-refractivity contribution in [1.82, 2.24) is 14.4 Å². The van der Waals surface area contributed by atoms with Crippen molar-refractivity contribution in [3.63, 3.8) is 0 Å². The molecule has 1 N–H and O–H groups in total. The molecular weight excluding hydrogens is 246 g/mol. The molecule has 0 fully saturated rings. The van der Waals surface area contributed by atoms with Gasteiger partial charge in [-0.3, -0.25) is 9.20 Å². The summed E-state index contributed by atoms with van der Waals surface area (Å²) in [5.74, 6) is 0.919. The largest absolute Gasteiger partial charge is 0.316 e. The molecule has 3 heterocycles. The number of aromatic amines is 1. The lowest BCUT2D eigenvalue weighted by molar-refractivity contribution is 0.959. The first-order valence-corrected chi connectivity index (χ1v) is 6.63. The van der Waals surface area contributed by atoms with Crippen LogP contribution in [0.3, 0.4) is 0 Å². The number of benzene rings is 1. The highest BCUT2D eigenvalue weighted by Crippen LogP contribution is 2.39. The van der Waals surface area contributed by atoms with Crippen molar-refractivity contribution in [1.29, 1.82) is 0 Å². The molecule has 0 saturated carbocycles. The number of rotatable bonds is 0. The zero-order valence-corrected chi connectivity index (χ0v) is 10.2. The van der Waals surface area contributed by atoms with Gasteiger partial charge in [0.05, 0.1) is 5.69 Å². The minimum atomic E-state index is -0.143. The maximum atomic E-state index is 12.0. The van der Waals surface area contributed by atoms with Crippen LogP contribution in [0.4, 0.5) is 0 Å². The summed E-state index contributed by atoms with van der Waals surface area (Å²) in [7, 11) is 0. The number of fused-ring (bicyclic) bond motifs is 5. The average molecular weight is 255 g/mol. The number of aromatic nitrogens is 3. The van der Waals surface area contributed by atoms with Crippen LogP contribution in [0.25, 0.3) is 16.9 Å². The summed E-state index contributed by atoms with van der Waals surface area (Å²) in [6.07, 6.45) is 3.50. The molecule has 2 aromatic heterocycles. The van der Waals surface area contributed by atoms with Crippen molar-refractivity contribution in [3.8, 4) is 11.3 Å². The topological polar surface area (TPSA) is 50.2 Å². The maximum absolute atomic E-state index is 12.0. The van der Waals surface area contributed by atoms with Crippen molar-refractivity contribution in [2.24, 2.45) is 0 Å². The lowest BCUT2D eigenvalue weighted by atomic mass is 10.1. The molecule has 0 bridgehead atoms. The van der Waals surface area contributed by atoms with Gasteiger partial charge in [-0.15, -0.1) is 11.8 Å². The van der Waals surface area contributed by atoms with Crippen LogP contribution in [0, 0.1) is 0 Å². The summed E-state index contributed by atoms with van der Waals surface area (Å²) in [6, 6.07) is 8.17. The van der Waals surface area contributed by atoms with E-state index in [-0.39, 0.29) is 5.56 Å². The number of thioether (sulfide) groups is 1. The molecule has 4 nitrogen and oxygen atoms in total. The number of imidazole rings is 1. The van der Waals surface area contributed by atoms with E-state index >= 15 is 0 Å². The van der Waals surface area contributed by atoms with Gasteiger partial charge in [0.2, 0.25) is 5.65 Å². The third kappa shape index (κ3) is 1.22. The molecule has 3 aromatic rings. The molecular formula is C13H9N3OS. The third-order valence-corrected chi connectivity index (χ3v) is 4.30. The molecule has 88 valence electrons. The van der Waals surface area contributed by atoms with Gasteiger partial charge in [-0.2, -0.15) is 0 Å². The Morgan fingerprint density at radius 2 is 2.22 bits per heavy atom. The molecule has 1 aliphatic heterocycles. The predicted molar refractivity (Wildman–Crippen MR) is 70.8 cm³/mol. The summed E-state index contributed by atoms with van der Waals surface area (Å²) in [5.41, 5.74) is 3.58. The van der Waals surface area contributed by atoms with E-state index in [1.165, 1.54) is 5.56 Å². The quantitative estimate of drug-likeness (QED) is 0.670. The zero-order chi connectivity index (χ0) is 12.1. The Balaban J connectivity index is 2.16. The summed E-state index contributed by atoms with van der Waals surface area (Å²) < 4.78 is 1.87. The predicted octanol–water partition coefficient (Wildman–Crippen LogP) is 2.30. The van der Waals surface area contributed by atoms with Crippen molar-refractivity contribution in [2.45, 2.75) is 10.8 Å². The van der Waals surface area contributed by atoms with Crippen LogP contribution in [-0.4, -0.2) is 14.4 Å². The van der Waals surface area contributed by atoms with Crippen LogP contribution in [0.5, 0.6) is 0 Å². The molecule has 0 radical (unpaired) electrons. The second-order valence-electron chi connectivity index (χ2n) is 4.20. The van der Waals surface area contributed by atoms with Crippen molar-refractivity contribution >= 4 is 17.4 Å². The van der Waals surface area contributed by atoms with Crippen molar-refractivity contribution in [2.75, 3.05) is 0 Å². The van der Waals surface area contributed by atoms with E-state index in [0.717, 1.165) is 22.0 Å². The van der Waals surface area contributed by atoms with Gasteiger partial charge in [0.15, 0.2) is 0 Å². The Labute approximate surface area is 107 Å². The standard InChI is InChI=1S/C13H9N3OS/c17-12-11-14-5-6-16(11)13-10(15-12)9-4-2-1-3-8(9)7-18-13/h1-6H,7H2,(H,15,17). The molecule has 0 aliphatic carbocycles. The minimum Gasteiger partial charge on any atom is -0.316 e. The van der Waals surface area contributed by atoms with E-state index in [9.17, 15) is 4.79 Å². The summed E-state index contributed by atoms with van der Waals surface area (Å²) in [5, 5.41) is 1.06. The maximum Gasteiger partial charge on any atom is 0.292 e. The Hall–Kier alpha value is -2.01. The van der Waals surface area contributed by atoms with Gasteiger partial charge in [0, 0.05) is 23.7 Å². The summed E-state index contributed by atoms with van der Waals surface area (Å²) in [6.45, 7) is 0. The van der Waals surface area contributed by atoms with Crippen molar-refractivity contribution < 1.29 is 0 Å². The number of hydrogen-bond acceptors (Lipinski definition) is 3. The SMILES string of the molecule is O=c1[nH]c2c(n3ccnc13)SCc1ccccc1-2. The molecule has 0 saturated heterocycles. The van der Waals surface area contributed by atoms with E-state index in [0.29, 0.717) is 5.65 Å². The van der Waals surface area contributed by atoms with Crippen LogP contribution >= 0.6 is 11.8 Å². The molecule has 1 aromatic carbocycles. The molecule has 0 atom stereocenters.